The molecule has 1 unspecified atom stereocenters. The van der Waals surface area contributed by atoms with Crippen molar-refractivity contribution in [1.29, 1.82) is 0 Å². The van der Waals surface area contributed by atoms with E-state index in [2.05, 4.69) is 29.1 Å². The molecule has 0 aliphatic rings. The number of carboxylic acids is 1. The van der Waals surface area contributed by atoms with Gasteiger partial charge in [0.2, 0.25) is 0 Å². The van der Waals surface area contributed by atoms with E-state index in [4.69, 9.17) is 0 Å². The Balaban J connectivity index is 2.18. The number of thiophene rings is 1. The van der Waals surface area contributed by atoms with Crippen molar-refractivity contribution in [1.82, 2.24) is 0 Å². The number of nitrogens with one attached hydrogen (secondary N) is 1. The predicted molar refractivity (Wildman–Crippen MR) is 90.9 cm³/mol. The highest BCUT2D eigenvalue weighted by Crippen LogP contribution is 2.29. The minimum atomic E-state index is -0.878. The summed E-state index contributed by atoms with van der Waals surface area (Å²) in [5.41, 5.74) is 2.35. The van der Waals surface area contributed by atoms with Gasteiger partial charge in [0.1, 0.15) is 0 Å². The summed E-state index contributed by atoms with van der Waals surface area (Å²) in [5, 5.41) is 17.0. The van der Waals surface area contributed by atoms with Crippen LogP contribution < -0.4 is 5.32 Å². The summed E-state index contributed by atoms with van der Waals surface area (Å²) in [4.78, 5) is 12.4. The highest BCUT2D eigenvalue weighted by Gasteiger charge is 2.17. The Kier molecular flexibility index (Phi) is 5.70. The third-order valence-electron chi connectivity index (χ3n) is 3.06. The highest BCUT2D eigenvalue weighted by molar-refractivity contribution is 7.99. The first-order chi connectivity index (χ1) is 10.1. The van der Waals surface area contributed by atoms with Crippen molar-refractivity contribution in [2.75, 3.05) is 11.1 Å². The minimum Gasteiger partial charge on any atom is -0.478 e. The first-order valence-electron chi connectivity index (χ1n) is 6.88. The molecule has 3 nitrogen and oxygen atoms in total. The number of anilines is 1. The number of carbonyl (C=O) groups is 1. The molecule has 0 aliphatic carbocycles. The van der Waals surface area contributed by atoms with E-state index in [1.807, 2.05) is 25.1 Å². The van der Waals surface area contributed by atoms with Gasteiger partial charge in [-0.3, -0.25) is 0 Å². The van der Waals surface area contributed by atoms with Crippen LogP contribution in [-0.2, 0) is 6.42 Å². The quantitative estimate of drug-likeness (QED) is 0.732. The first-order valence-corrected chi connectivity index (χ1v) is 8.81. The van der Waals surface area contributed by atoms with E-state index in [0.29, 0.717) is 11.3 Å². The van der Waals surface area contributed by atoms with Gasteiger partial charge in [-0.2, -0.15) is 11.3 Å². The molecule has 5 heteroatoms. The van der Waals surface area contributed by atoms with Crippen LogP contribution in [0.25, 0.3) is 0 Å². The van der Waals surface area contributed by atoms with Crippen LogP contribution >= 0.6 is 23.1 Å². The SMILES string of the molecule is CCSc1cccc(NC(C)Cc2ccsc2)c1C(=O)O. The summed E-state index contributed by atoms with van der Waals surface area (Å²) in [7, 11) is 0. The number of rotatable bonds is 7. The van der Waals surface area contributed by atoms with Crippen molar-refractivity contribution in [3.63, 3.8) is 0 Å². The molecule has 0 saturated heterocycles. The van der Waals surface area contributed by atoms with Crippen LogP contribution in [0, 0.1) is 0 Å². The first kappa shape index (κ1) is 15.9. The summed E-state index contributed by atoms with van der Waals surface area (Å²) in [5.74, 6) is -0.0226. The molecule has 0 saturated carbocycles. The second kappa shape index (κ2) is 7.52. The van der Waals surface area contributed by atoms with Gasteiger partial charge < -0.3 is 10.4 Å². The molecular weight excluding hydrogens is 302 g/mol. The van der Waals surface area contributed by atoms with Gasteiger partial charge in [0.25, 0.3) is 0 Å². The van der Waals surface area contributed by atoms with E-state index in [9.17, 15) is 9.90 Å². The summed E-state index contributed by atoms with van der Waals surface area (Å²) < 4.78 is 0. The predicted octanol–water partition coefficient (Wildman–Crippen LogP) is 4.60. The number of hydrogen-bond acceptors (Lipinski definition) is 4. The van der Waals surface area contributed by atoms with Gasteiger partial charge in [-0.25, -0.2) is 4.79 Å². The van der Waals surface area contributed by atoms with Crippen molar-refractivity contribution in [3.8, 4) is 0 Å². The van der Waals surface area contributed by atoms with E-state index in [1.54, 1.807) is 23.1 Å². The lowest BCUT2D eigenvalue weighted by Gasteiger charge is -2.18. The number of carboxylic acid groups (broad SMARTS) is 1. The summed E-state index contributed by atoms with van der Waals surface area (Å²) in [6, 6.07) is 7.90. The van der Waals surface area contributed by atoms with Crippen molar-refractivity contribution in [2.24, 2.45) is 0 Å². The Labute approximate surface area is 133 Å². The molecule has 0 fully saturated rings. The normalized spacial score (nSPS) is 12.1. The van der Waals surface area contributed by atoms with Gasteiger partial charge in [-0.05, 0) is 53.6 Å². The largest absolute Gasteiger partial charge is 0.478 e. The van der Waals surface area contributed by atoms with Crippen LogP contribution in [0.4, 0.5) is 5.69 Å². The molecule has 2 N–H and O–H groups in total. The van der Waals surface area contributed by atoms with E-state index in [1.165, 1.54) is 5.56 Å². The fourth-order valence-corrected chi connectivity index (χ4v) is 3.74. The summed E-state index contributed by atoms with van der Waals surface area (Å²) in [6.07, 6.45) is 0.883. The average molecular weight is 321 g/mol. The lowest BCUT2D eigenvalue weighted by atomic mass is 10.1. The Morgan fingerprint density at radius 2 is 2.24 bits per heavy atom. The fourth-order valence-electron chi connectivity index (χ4n) is 2.23. The average Bonchev–Trinajstić information content (AvgIpc) is 2.91. The van der Waals surface area contributed by atoms with Gasteiger partial charge >= 0.3 is 5.97 Å². The minimum absolute atomic E-state index is 0.180. The van der Waals surface area contributed by atoms with Crippen molar-refractivity contribution < 1.29 is 9.90 Å². The van der Waals surface area contributed by atoms with Gasteiger partial charge in [-0.1, -0.05) is 13.0 Å². The lowest BCUT2D eigenvalue weighted by molar-refractivity contribution is 0.0694. The molecule has 1 aromatic carbocycles. The summed E-state index contributed by atoms with van der Waals surface area (Å²) >= 11 is 3.24. The second-order valence-corrected chi connectivity index (χ2v) is 6.88. The topological polar surface area (TPSA) is 49.3 Å². The van der Waals surface area contributed by atoms with E-state index in [0.717, 1.165) is 17.1 Å². The Morgan fingerprint density at radius 1 is 1.43 bits per heavy atom. The Bertz CT molecular complexity index is 596. The molecule has 0 amide bonds. The van der Waals surface area contributed by atoms with Crippen LogP contribution in [0.1, 0.15) is 29.8 Å². The standard InChI is InChI=1S/C16H19NO2S2/c1-3-21-14-6-4-5-13(15(14)16(18)19)17-11(2)9-12-7-8-20-10-12/h4-8,10-11,17H,3,9H2,1-2H3,(H,18,19). The third-order valence-corrected chi connectivity index (χ3v) is 4.74. The molecule has 1 atom stereocenters. The van der Waals surface area contributed by atoms with Crippen molar-refractivity contribution >= 4 is 34.8 Å². The number of hydrogen-bond donors (Lipinski definition) is 2. The molecule has 2 rings (SSSR count). The van der Waals surface area contributed by atoms with E-state index < -0.39 is 5.97 Å². The van der Waals surface area contributed by atoms with Crippen molar-refractivity contribution in [2.45, 2.75) is 31.2 Å². The molecule has 1 heterocycles. The Hall–Kier alpha value is -1.46. The monoisotopic (exact) mass is 321 g/mol. The van der Waals surface area contributed by atoms with Gasteiger partial charge in [0.05, 0.1) is 11.3 Å². The molecule has 0 aliphatic heterocycles. The molecule has 0 spiro atoms. The van der Waals surface area contributed by atoms with Gasteiger partial charge in [0, 0.05) is 10.9 Å². The molecule has 0 radical (unpaired) electrons. The maximum absolute atomic E-state index is 11.6. The van der Waals surface area contributed by atoms with Gasteiger partial charge in [-0.15, -0.1) is 11.8 Å². The number of aromatic carboxylic acids is 1. The van der Waals surface area contributed by atoms with E-state index in [-0.39, 0.29) is 6.04 Å². The summed E-state index contributed by atoms with van der Waals surface area (Å²) in [6.45, 7) is 4.10. The van der Waals surface area contributed by atoms with Crippen LogP contribution in [0.3, 0.4) is 0 Å². The zero-order valence-electron chi connectivity index (χ0n) is 12.1. The number of thioether (sulfide) groups is 1. The zero-order chi connectivity index (χ0) is 15.2. The van der Waals surface area contributed by atoms with E-state index >= 15 is 0 Å². The fraction of sp³-hybridized carbons (Fsp3) is 0.312. The molecule has 2 aromatic rings. The Morgan fingerprint density at radius 3 is 2.86 bits per heavy atom. The van der Waals surface area contributed by atoms with Crippen LogP contribution in [0.5, 0.6) is 0 Å². The van der Waals surface area contributed by atoms with Crippen LogP contribution in [-0.4, -0.2) is 22.9 Å². The van der Waals surface area contributed by atoms with Crippen LogP contribution in [0.2, 0.25) is 0 Å². The molecule has 112 valence electrons. The maximum Gasteiger partial charge on any atom is 0.338 e. The van der Waals surface area contributed by atoms with Crippen LogP contribution in [0.15, 0.2) is 39.9 Å². The maximum atomic E-state index is 11.6. The molecular formula is C16H19NO2S2. The molecule has 0 bridgehead atoms. The molecule has 1 aromatic heterocycles. The van der Waals surface area contributed by atoms with Crippen molar-refractivity contribution in [3.05, 3.63) is 46.2 Å². The number of benzene rings is 1. The van der Waals surface area contributed by atoms with Gasteiger partial charge in [0.15, 0.2) is 0 Å². The smallest absolute Gasteiger partial charge is 0.338 e. The second-order valence-electron chi connectivity index (χ2n) is 4.80. The highest BCUT2D eigenvalue weighted by atomic mass is 32.2. The zero-order valence-corrected chi connectivity index (χ0v) is 13.8. The molecule has 21 heavy (non-hydrogen) atoms. The lowest BCUT2D eigenvalue weighted by Crippen LogP contribution is -2.20. The third kappa shape index (κ3) is 4.25.